The Bertz CT molecular complexity index is 656. The molecular weight excluding hydrogens is 351 g/mol. The number of halogens is 3. The smallest absolute Gasteiger partial charge is 0.462 e. The van der Waals surface area contributed by atoms with E-state index in [9.17, 15) is 26.4 Å². The molecule has 0 aliphatic heterocycles. The molecule has 24 heavy (non-hydrogen) atoms. The zero-order valence-electron chi connectivity index (χ0n) is 13.3. The highest BCUT2D eigenvalue weighted by atomic mass is 32.2. The van der Waals surface area contributed by atoms with Crippen LogP contribution >= 0.6 is 0 Å². The number of carbonyl (C=O) groups excluding carboxylic acids is 1. The Morgan fingerprint density at radius 1 is 1.21 bits per heavy atom. The lowest BCUT2D eigenvalue weighted by molar-refractivity contribution is -0.274. The summed E-state index contributed by atoms with van der Waals surface area (Å²) < 4.78 is 70.2. The van der Waals surface area contributed by atoms with E-state index in [-0.39, 0.29) is 11.4 Å². The third kappa shape index (κ3) is 6.26. The third-order valence-corrected chi connectivity index (χ3v) is 4.44. The molecule has 0 unspecified atom stereocenters. The minimum Gasteiger partial charge on any atom is -0.462 e. The van der Waals surface area contributed by atoms with Gasteiger partial charge in [-0.15, -0.1) is 13.2 Å². The quantitative estimate of drug-likeness (QED) is 0.691. The van der Waals surface area contributed by atoms with Crippen molar-refractivity contribution in [3.63, 3.8) is 0 Å². The van der Waals surface area contributed by atoms with Gasteiger partial charge in [-0.25, -0.2) is 8.42 Å². The van der Waals surface area contributed by atoms with E-state index < -0.39 is 40.8 Å². The monoisotopic (exact) mass is 369 g/mol. The fourth-order valence-electron chi connectivity index (χ4n) is 1.74. The van der Waals surface area contributed by atoms with Crippen LogP contribution in [0.3, 0.4) is 0 Å². The minimum atomic E-state index is -4.85. The molecule has 0 amide bonds. The normalized spacial score (nSPS) is 12.1. The molecule has 0 bridgehead atoms. The van der Waals surface area contributed by atoms with Gasteiger partial charge in [-0.1, -0.05) is 0 Å². The van der Waals surface area contributed by atoms with Crippen molar-refractivity contribution in [1.82, 2.24) is 0 Å². The molecule has 0 N–H and O–H groups in total. The highest BCUT2D eigenvalue weighted by molar-refractivity contribution is 7.92. The van der Waals surface area contributed by atoms with Crippen LogP contribution in [-0.2, 0) is 19.6 Å². The van der Waals surface area contributed by atoms with Crippen LogP contribution in [0.1, 0.15) is 20.8 Å². The zero-order valence-corrected chi connectivity index (χ0v) is 14.1. The predicted molar refractivity (Wildman–Crippen MR) is 81.2 cm³/mol. The lowest BCUT2D eigenvalue weighted by atomic mass is 10.3. The first-order valence-electron chi connectivity index (χ1n) is 7.00. The molecule has 0 aliphatic rings. The predicted octanol–water partition coefficient (Wildman–Crippen LogP) is 2.69. The molecule has 1 aromatic rings. The highest BCUT2D eigenvalue weighted by Gasteiger charge is 2.31. The fourth-order valence-corrected chi connectivity index (χ4v) is 2.79. The molecule has 6 nitrogen and oxygen atoms in total. The van der Waals surface area contributed by atoms with Crippen LogP contribution in [0.15, 0.2) is 24.3 Å². The number of sulfonamides is 1. The Labute approximate surface area is 138 Å². The van der Waals surface area contributed by atoms with Crippen LogP contribution in [-0.4, -0.2) is 39.2 Å². The van der Waals surface area contributed by atoms with Crippen LogP contribution < -0.4 is 9.04 Å². The van der Waals surface area contributed by atoms with Crippen molar-refractivity contribution >= 4 is 21.7 Å². The molecule has 0 radical (unpaired) electrons. The van der Waals surface area contributed by atoms with Gasteiger partial charge in [0.1, 0.15) is 12.3 Å². The van der Waals surface area contributed by atoms with E-state index in [1.54, 1.807) is 13.8 Å². The maximum absolute atomic E-state index is 12.1. The molecule has 0 fully saturated rings. The first kappa shape index (κ1) is 20.1. The number of hydrogen-bond acceptors (Lipinski definition) is 5. The average Bonchev–Trinajstić information content (AvgIpc) is 2.43. The number of rotatable bonds is 7. The lowest BCUT2D eigenvalue weighted by Gasteiger charge is -2.23. The van der Waals surface area contributed by atoms with Crippen LogP contribution in [0.25, 0.3) is 0 Å². The summed E-state index contributed by atoms with van der Waals surface area (Å²) in [5.74, 6) is -1.55. The second kappa shape index (κ2) is 7.73. The number of anilines is 1. The molecule has 0 aromatic heterocycles. The number of benzene rings is 1. The Hall–Kier alpha value is -1.97. The van der Waals surface area contributed by atoms with Crippen molar-refractivity contribution in [3.05, 3.63) is 24.3 Å². The van der Waals surface area contributed by atoms with Gasteiger partial charge in [0.25, 0.3) is 0 Å². The number of ether oxygens (including phenoxy) is 2. The van der Waals surface area contributed by atoms with E-state index in [4.69, 9.17) is 4.74 Å². The largest absolute Gasteiger partial charge is 0.573 e. The Morgan fingerprint density at radius 2 is 1.75 bits per heavy atom. The molecule has 0 aliphatic carbocycles. The standard InChI is InChI=1S/C14H18F3NO5S/c1-4-24(20,21)18(9-13(19)22-10(2)3)11-5-7-12(8-6-11)23-14(15,16)17/h5-8,10H,4,9H2,1-3H3. The molecule has 0 saturated carbocycles. The molecule has 10 heteroatoms. The third-order valence-electron chi connectivity index (χ3n) is 2.70. The van der Waals surface area contributed by atoms with E-state index >= 15 is 0 Å². The van der Waals surface area contributed by atoms with Gasteiger partial charge >= 0.3 is 12.3 Å². The second-order valence-corrected chi connectivity index (χ2v) is 7.17. The summed E-state index contributed by atoms with van der Waals surface area (Å²) in [5.41, 5.74) is 0.0343. The van der Waals surface area contributed by atoms with Crippen LogP contribution in [0.4, 0.5) is 18.9 Å². The second-order valence-electron chi connectivity index (χ2n) is 4.99. The molecule has 0 heterocycles. The molecule has 0 atom stereocenters. The lowest BCUT2D eigenvalue weighted by Crippen LogP contribution is -2.38. The van der Waals surface area contributed by atoms with Gasteiger partial charge in [0.05, 0.1) is 17.5 Å². The minimum absolute atomic E-state index is 0.0343. The number of alkyl halides is 3. The van der Waals surface area contributed by atoms with Crippen molar-refractivity contribution in [1.29, 1.82) is 0 Å². The molecule has 136 valence electrons. The van der Waals surface area contributed by atoms with Gasteiger partial charge in [-0.05, 0) is 45.0 Å². The first-order valence-corrected chi connectivity index (χ1v) is 8.61. The average molecular weight is 369 g/mol. The van der Waals surface area contributed by atoms with Crippen molar-refractivity contribution in [2.75, 3.05) is 16.6 Å². The van der Waals surface area contributed by atoms with Gasteiger partial charge in [0.15, 0.2) is 0 Å². The molecule has 1 aromatic carbocycles. The molecular formula is C14H18F3NO5S. The Kier molecular flexibility index (Phi) is 6.47. The van der Waals surface area contributed by atoms with Crippen molar-refractivity contribution in [3.8, 4) is 5.75 Å². The molecule has 0 saturated heterocycles. The summed E-state index contributed by atoms with van der Waals surface area (Å²) in [6.45, 7) is 4.03. The molecule has 1 rings (SSSR count). The SMILES string of the molecule is CCS(=O)(=O)N(CC(=O)OC(C)C)c1ccc(OC(F)(F)F)cc1. The van der Waals surface area contributed by atoms with Gasteiger partial charge in [0.2, 0.25) is 10.0 Å². The van der Waals surface area contributed by atoms with Crippen molar-refractivity contribution in [2.24, 2.45) is 0 Å². The van der Waals surface area contributed by atoms with Gasteiger partial charge in [-0.2, -0.15) is 0 Å². The Balaban J connectivity index is 3.05. The summed E-state index contributed by atoms with van der Waals surface area (Å²) in [6.07, 6.45) is -5.27. The van der Waals surface area contributed by atoms with Crippen LogP contribution in [0.5, 0.6) is 5.75 Å². The summed E-state index contributed by atoms with van der Waals surface area (Å²) >= 11 is 0. The Morgan fingerprint density at radius 3 is 2.17 bits per heavy atom. The van der Waals surface area contributed by atoms with Gasteiger partial charge < -0.3 is 9.47 Å². The van der Waals surface area contributed by atoms with Crippen molar-refractivity contribution in [2.45, 2.75) is 33.2 Å². The number of hydrogen-bond donors (Lipinski definition) is 0. The summed E-state index contributed by atoms with van der Waals surface area (Å²) in [4.78, 5) is 11.8. The fraction of sp³-hybridized carbons (Fsp3) is 0.500. The first-order chi connectivity index (χ1) is 10.9. The van der Waals surface area contributed by atoms with Gasteiger partial charge in [-0.3, -0.25) is 9.10 Å². The van der Waals surface area contributed by atoms with Gasteiger partial charge in [0, 0.05) is 0 Å². The number of carbonyl (C=O) groups is 1. The topological polar surface area (TPSA) is 72.9 Å². The summed E-state index contributed by atoms with van der Waals surface area (Å²) in [6, 6.07) is 4.18. The zero-order chi connectivity index (χ0) is 18.5. The number of esters is 1. The van der Waals surface area contributed by atoms with Crippen LogP contribution in [0, 0.1) is 0 Å². The summed E-state index contributed by atoms with van der Waals surface area (Å²) in [5, 5.41) is 0. The highest BCUT2D eigenvalue weighted by Crippen LogP contribution is 2.26. The van der Waals surface area contributed by atoms with E-state index in [1.165, 1.54) is 6.92 Å². The maximum atomic E-state index is 12.1. The number of nitrogens with zero attached hydrogens (tertiary/aromatic N) is 1. The van der Waals surface area contributed by atoms with E-state index in [0.717, 1.165) is 28.6 Å². The molecule has 0 spiro atoms. The van der Waals surface area contributed by atoms with Crippen molar-refractivity contribution < 1.29 is 35.9 Å². The van der Waals surface area contributed by atoms with E-state index in [1.807, 2.05) is 0 Å². The van der Waals surface area contributed by atoms with E-state index in [0.29, 0.717) is 0 Å². The maximum Gasteiger partial charge on any atom is 0.573 e. The van der Waals surface area contributed by atoms with Crippen LogP contribution in [0.2, 0.25) is 0 Å². The summed E-state index contributed by atoms with van der Waals surface area (Å²) in [7, 11) is -3.82. The van der Waals surface area contributed by atoms with E-state index in [2.05, 4.69) is 4.74 Å².